The molecule has 4 heteroatoms. The second-order valence-electron chi connectivity index (χ2n) is 8.73. The number of rotatable bonds is 14. The van der Waals surface area contributed by atoms with Gasteiger partial charge in [-0.2, -0.15) is 0 Å². The number of carbonyl (C=O) groups is 1. The number of nitrogens with zero attached hydrogens (tertiary/aromatic N) is 1. The molecular weight excluding hydrogens is 422 g/mol. The SMILES string of the molecule is CCCCCOc1ccc(C(=O)Oc2ccc(CCc3ccc(CCCCC)cn3)cc2)cc1. The van der Waals surface area contributed by atoms with Crippen molar-refractivity contribution in [2.75, 3.05) is 6.61 Å². The molecule has 0 N–H and O–H groups in total. The molecule has 0 aliphatic rings. The summed E-state index contributed by atoms with van der Waals surface area (Å²) in [5, 5.41) is 0. The van der Waals surface area contributed by atoms with Gasteiger partial charge in [0, 0.05) is 11.9 Å². The summed E-state index contributed by atoms with van der Waals surface area (Å²) in [5.74, 6) is 0.953. The van der Waals surface area contributed by atoms with Crippen LogP contribution in [0, 0.1) is 0 Å². The molecule has 4 nitrogen and oxygen atoms in total. The molecule has 0 aliphatic carbocycles. The van der Waals surface area contributed by atoms with E-state index in [0.29, 0.717) is 17.9 Å². The van der Waals surface area contributed by atoms with Crippen LogP contribution in [0.2, 0.25) is 0 Å². The molecule has 180 valence electrons. The quantitative estimate of drug-likeness (QED) is 0.143. The molecule has 0 unspecified atom stereocenters. The maximum absolute atomic E-state index is 12.5. The van der Waals surface area contributed by atoms with Crippen LogP contribution >= 0.6 is 0 Å². The van der Waals surface area contributed by atoms with Gasteiger partial charge in [0.1, 0.15) is 11.5 Å². The maximum Gasteiger partial charge on any atom is 0.343 e. The van der Waals surface area contributed by atoms with Crippen LogP contribution in [0.1, 0.15) is 79.6 Å². The first-order valence-electron chi connectivity index (χ1n) is 12.7. The summed E-state index contributed by atoms with van der Waals surface area (Å²) in [6.45, 7) is 5.09. The molecule has 0 aliphatic heterocycles. The third-order valence-corrected chi connectivity index (χ3v) is 5.87. The summed E-state index contributed by atoms with van der Waals surface area (Å²) in [5.41, 5.74) is 4.12. The predicted octanol–water partition coefficient (Wildman–Crippen LogP) is 7.39. The number of ether oxygens (including phenoxy) is 2. The molecule has 2 aromatic carbocycles. The Balaban J connectivity index is 1.43. The fourth-order valence-corrected chi connectivity index (χ4v) is 3.72. The highest BCUT2D eigenvalue weighted by Gasteiger charge is 2.09. The van der Waals surface area contributed by atoms with Crippen molar-refractivity contribution in [1.82, 2.24) is 4.98 Å². The molecule has 1 heterocycles. The molecular formula is C30H37NO3. The van der Waals surface area contributed by atoms with Crippen LogP contribution in [0.3, 0.4) is 0 Å². The second-order valence-corrected chi connectivity index (χ2v) is 8.73. The molecule has 3 aromatic rings. The molecule has 1 aromatic heterocycles. The fraction of sp³-hybridized carbons (Fsp3) is 0.400. The predicted molar refractivity (Wildman–Crippen MR) is 138 cm³/mol. The minimum Gasteiger partial charge on any atom is -0.494 e. The average Bonchev–Trinajstić information content (AvgIpc) is 2.87. The van der Waals surface area contributed by atoms with Gasteiger partial charge in [0.2, 0.25) is 0 Å². The summed E-state index contributed by atoms with van der Waals surface area (Å²) in [4.78, 5) is 17.1. The van der Waals surface area contributed by atoms with Crippen LogP contribution in [0.25, 0.3) is 0 Å². The molecule has 0 saturated heterocycles. The van der Waals surface area contributed by atoms with Crippen molar-refractivity contribution in [3.8, 4) is 11.5 Å². The number of aryl methyl sites for hydroxylation is 3. The van der Waals surface area contributed by atoms with E-state index in [0.717, 1.165) is 43.5 Å². The van der Waals surface area contributed by atoms with E-state index in [-0.39, 0.29) is 5.97 Å². The minimum atomic E-state index is -0.367. The van der Waals surface area contributed by atoms with Gasteiger partial charge in [-0.1, -0.05) is 57.7 Å². The lowest BCUT2D eigenvalue weighted by molar-refractivity contribution is 0.0734. The van der Waals surface area contributed by atoms with E-state index in [9.17, 15) is 4.79 Å². The topological polar surface area (TPSA) is 48.4 Å². The van der Waals surface area contributed by atoms with Gasteiger partial charge < -0.3 is 9.47 Å². The van der Waals surface area contributed by atoms with E-state index in [1.165, 1.54) is 36.8 Å². The molecule has 0 fully saturated rings. The zero-order valence-electron chi connectivity index (χ0n) is 20.6. The smallest absolute Gasteiger partial charge is 0.343 e. The van der Waals surface area contributed by atoms with Crippen molar-refractivity contribution >= 4 is 5.97 Å². The summed E-state index contributed by atoms with van der Waals surface area (Å²) in [6.07, 6.45) is 12.0. The van der Waals surface area contributed by atoms with Crippen LogP contribution in [0.4, 0.5) is 0 Å². The first-order chi connectivity index (χ1) is 16.7. The minimum absolute atomic E-state index is 0.367. The van der Waals surface area contributed by atoms with Crippen molar-refractivity contribution < 1.29 is 14.3 Å². The van der Waals surface area contributed by atoms with Gasteiger partial charge in [0.05, 0.1) is 12.2 Å². The Kier molecular flexibility index (Phi) is 10.6. The van der Waals surface area contributed by atoms with E-state index >= 15 is 0 Å². The third kappa shape index (κ3) is 8.66. The zero-order chi connectivity index (χ0) is 24.0. The summed E-state index contributed by atoms with van der Waals surface area (Å²) < 4.78 is 11.2. The Morgan fingerprint density at radius 3 is 2.06 bits per heavy atom. The molecule has 3 rings (SSSR count). The Bertz CT molecular complexity index is 979. The first-order valence-corrected chi connectivity index (χ1v) is 12.7. The average molecular weight is 460 g/mol. The number of pyridine rings is 1. The lowest BCUT2D eigenvalue weighted by Crippen LogP contribution is -2.08. The van der Waals surface area contributed by atoms with Crippen molar-refractivity contribution in [3.63, 3.8) is 0 Å². The van der Waals surface area contributed by atoms with Gasteiger partial charge in [-0.15, -0.1) is 0 Å². The standard InChI is InChI=1S/C30H37NO3/c1-3-5-7-9-25-11-17-27(31-23-25)16-10-24-12-18-29(19-13-24)34-30(32)26-14-20-28(21-15-26)33-22-8-6-4-2/h11-15,17-21,23H,3-10,16,22H2,1-2H3. The van der Waals surface area contributed by atoms with Gasteiger partial charge in [0.25, 0.3) is 0 Å². The van der Waals surface area contributed by atoms with Gasteiger partial charge >= 0.3 is 5.97 Å². The highest BCUT2D eigenvalue weighted by atomic mass is 16.5. The Labute approximate surface area is 204 Å². The van der Waals surface area contributed by atoms with Crippen LogP contribution in [0.15, 0.2) is 66.9 Å². The van der Waals surface area contributed by atoms with Crippen LogP contribution in [-0.4, -0.2) is 17.6 Å². The van der Waals surface area contributed by atoms with Crippen LogP contribution in [0.5, 0.6) is 11.5 Å². The van der Waals surface area contributed by atoms with E-state index < -0.39 is 0 Å². The molecule has 0 atom stereocenters. The number of carbonyl (C=O) groups excluding carboxylic acids is 1. The van der Waals surface area contributed by atoms with Crippen molar-refractivity contribution in [2.45, 2.75) is 71.6 Å². The Hall–Kier alpha value is -3.14. The highest BCUT2D eigenvalue weighted by molar-refractivity contribution is 5.91. The van der Waals surface area contributed by atoms with E-state index in [1.54, 1.807) is 12.1 Å². The second kappa shape index (κ2) is 14.2. The molecule has 0 saturated carbocycles. The van der Waals surface area contributed by atoms with Crippen LogP contribution in [-0.2, 0) is 19.3 Å². The van der Waals surface area contributed by atoms with E-state index in [2.05, 4.69) is 31.0 Å². The number of hydrogen-bond donors (Lipinski definition) is 0. The molecule has 34 heavy (non-hydrogen) atoms. The van der Waals surface area contributed by atoms with Crippen LogP contribution < -0.4 is 9.47 Å². The molecule has 0 spiro atoms. The summed E-state index contributed by atoms with van der Waals surface area (Å²) in [6, 6.07) is 19.2. The largest absolute Gasteiger partial charge is 0.494 e. The van der Waals surface area contributed by atoms with Gasteiger partial charge in [-0.3, -0.25) is 4.98 Å². The van der Waals surface area contributed by atoms with E-state index in [4.69, 9.17) is 9.47 Å². The van der Waals surface area contributed by atoms with Crippen molar-refractivity contribution in [3.05, 3.63) is 89.2 Å². The zero-order valence-corrected chi connectivity index (χ0v) is 20.6. The number of hydrogen-bond acceptors (Lipinski definition) is 4. The van der Waals surface area contributed by atoms with E-state index in [1.807, 2.05) is 42.6 Å². The fourth-order valence-electron chi connectivity index (χ4n) is 3.72. The van der Waals surface area contributed by atoms with Crippen molar-refractivity contribution in [2.24, 2.45) is 0 Å². The summed E-state index contributed by atoms with van der Waals surface area (Å²) in [7, 11) is 0. The number of esters is 1. The number of aromatic nitrogens is 1. The van der Waals surface area contributed by atoms with Crippen molar-refractivity contribution in [1.29, 1.82) is 0 Å². The first kappa shape index (κ1) is 25.5. The molecule has 0 bridgehead atoms. The molecule has 0 amide bonds. The number of benzene rings is 2. The lowest BCUT2D eigenvalue weighted by atomic mass is 10.1. The third-order valence-electron chi connectivity index (χ3n) is 5.87. The monoisotopic (exact) mass is 459 g/mol. The Morgan fingerprint density at radius 1 is 0.706 bits per heavy atom. The summed E-state index contributed by atoms with van der Waals surface area (Å²) >= 11 is 0. The van der Waals surface area contributed by atoms with Gasteiger partial charge in [-0.05, 0) is 85.7 Å². The lowest BCUT2D eigenvalue weighted by Gasteiger charge is -2.08. The normalized spacial score (nSPS) is 10.8. The van der Waals surface area contributed by atoms with Gasteiger partial charge in [-0.25, -0.2) is 4.79 Å². The van der Waals surface area contributed by atoms with Gasteiger partial charge in [0.15, 0.2) is 0 Å². The highest BCUT2D eigenvalue weighted by Crippen LogP contribution is 2.18. The maximum atomic E-state index is 12.5. The Morgan fingerprint density at radius 2 is 1.38 bits per heavy atom. The number of unbranched alkanes of at least 4 members (excludes halogenated alkanes) is 4. The molecule has 0 radical (unpaired) electrons.